The van der Waals surface area contributed by atoms with Gasteiger partial charge < -0.3 is 5.32 Å². The number of rotatable bonds is 3. The molecule has 3 heteroatoms. The van der Waals surface area contributed by atoms with Crippen LogP contribution in [0.5, 0.6) is 0 Å². The fourth-order valence-corrected chi connectivity index (χ4v) is 1.08. The quantitative estimate of drug-likeness (QED) is 0.694. The highest BCUT2D eigenvalue weighted by atomic mass is 16.1. The Labute approximate surface area is 77.0 Å². The molecule has 0 bridgehead atoms. The number of nitrogens with one attached hydrogen (secondary N) is 1. The van der Waals surface area contributed by atoms with Crippen molar-refractivity contribution in [2.24, 2.45) is 0 Å². The summed E-state index contributed by atoms with van der Waals surface area (Å²) in [7, 11) is 1.70. The highest BCUT2D eigenvalue weighted by Gasteiger charge is 2.08. The zero-order valence-electron chi connectivity index (χ0n) is 7.37. The van der Waals surface area contributed by atoms with Crippen molar-refractivity contribution in [1.82, 2.24) is 5.32 Å². The molecule has 1 aromatic rings. The van der Waals surface area contributed by atoms with Crippen LogP contribution in [0.3, 0.4) is 0 Å². The van der Waals surface area contributed by atoms with E-state index in [4.69, 9.17) is 5.26 Å². The maximum Gasteiger partial charge on any atom is 0.177 e. The van der Waals surface area contributed by atoms with Gasteiger partial charge in [0, 0.05) is 5.56 Å². The van der Waals surface area contributed by atoms with Gasteiger partial charge in [0.2, 0.25) is 0 Å². The Morgan fingerprint density at radius 1 is 1.54 bits per heavy atom. The molecule has 0 aliphatic heterocycles. The minimum atomic E-state index is -0.0559. The van der Waals surface area contributed by atoms with Crippen molar-refractivity contribution in [3.05, 3.63) is 35.4 Å². The molecule has 0 unspecified atom stereocenters. The minimum Gasteiger partial charge on any atom is -0.313 e. The number of hydrogen-bond acceptors (Lipinski definition) is 3. The van der Waals surface area contributed by atoms with Crippen LogP contribution in [0.25, 0.3) is 0 Å². The van der Waals surface area contributed by atoms with E-state index in [1.807, 2.05) is 6.07 Å². The first-order valence-electron chi connectivity index (χ1n) is 3.96. The van der Waals surface area contributed by atoms with Gasteiger partial charge in [0.15, 0.2) is 5.78 Å². The van der Waals surface area contributed by atoms with Crippen molar-refractivity contribution in [3.8, 4) is 6.07 Å². The zero-order chi connectivity index (χ0) is 9.68. The molecule has 0 spiro atoms. The molecule has 1 N–H and O–H groups in total. The van der Waals surface area contributed by atoms with Crippen LogP contribution in [0.15, 0.2) is 24.3 Å². The summed E-state index contributed by atoms with van der Waals surface area (Å²) >= 11 is 0. The number of carbonyl (C=O) groups is 1. The van der Waals surface area contributed by atoms with Crippen LogP contribution in [0, 0.1) is 11.3 Å². The maximum absolute atomic E-state index is 11.4. The molecule has 66 valence electrons. The van der Waals surface area contributed by atoms with Crippen molar-refractivity contribution in [2.45, 2.75) is 0 Å². The smallest absolute Gasteiger partial charge is 0.177 e. The molecule has 1 rings (SSSR count). The molecular weight excluding hydrogens is 164 g/mol. The van der Waals surface area contributed by atoms with E-state index in [0.29, 0.717) is 11.1 Å². The summed E-state index contributed by atoms with van der Waals surface area (Å²) in [5, 5.41) is 11.5. The first kappa shape index (κ1) is 9.43. The van der Waals surface area contributed by atoms with Gasteiger partial charge >= 0.3 is 0 Å². The van der Waals surface area contributed by atoms with Crippen molar-refractivity contribution >= 4 is 5.78 Å². The second kappa shape index (κ2) is 4.39. The van der Waals surface area contributed by atoms with Gasteiger partial charge in [-0.25, -0.2) is 0 Å². The SMILES string of the molecule is CNCC(=O)c1ccccc1C#N. The Balaban J connectivity index is 3.01. The summed E-state index contributed by atoms with van der Waals surface area (Å²) in [4.78, 5) is 11.4. The normalized spacial score (nSPS) is 9.23. The average Bonchev–Trinajstić information content (AvgIpc) is 2.18. The zero-order valence-corrected chi connectivity index (χ0v) is 7.37. The average molecular weight is 174 g/mol. The molecule has 0 aliphatic rings. The first-order valence-corrected chi connectivity index (χ1v) is 3.96. The molecule has 0 aromatic heterocycles. The van der Waals surface area contributed by atoms with E-state index in [0.717, 1.165) is 0 Å². The Morgan fingerprint density at radius 2 is 2.23 bits per heavy atom. The first-order chi connectivity index (χ1) is 6.29. The van der Waals surface area contributed by atoms with Gasteiger partial charge in [0.25, 0.3) is 0 Å². The van der Waals surface area contributed by atoms with E-state index in [9.17, 15) is 4.79 Å². The van der Waals surface area contributed by atoms with Crippen LogP contribution >= 0.6 is 0 Å². The fraction of sp³-hybridized carbons (Fsp3) is 0.200. The molecule has 13 heavy (non-hydrogen) atoms. The van der Waals surface area contributed by atoms with Gasteiger partial charge in [-0.2, -0.15) is 5.26 Å². The number of nitrogens with zero attached hydrogens (tertiary/aromatic N) is 1. The van der Waals surface area contributed by atoms with Crippen LogP contribution in [0.4, 0.5) is 0 Å². The molecule has 0 amide bonds. The molecular formula is C10H10N2O. The Hall–Kier alpha value is -1.66. The minimum absolute atomic E-state index is 0.0559. The second-order valence-electron chi connectivity index (χ2n) is 2.61. The predicted octanol–water partition coefficient (Wildman–Crippen LogP) is 0.960. The highest BCUT2D eigenvalue weighted by molar-refractivity contribution is 5.99. The Morgan fingerprint density at radius 3 is 2.85 bits per heavy atom. The van der Waals surface area contributed by atoms with E-state index in [-0.39, 0.29) is 12.3 Å². The Kier molecular flexibility index (Phi) is 3.18. The highest BCUT2D eigenvalue weighted by Crippen LogP contribution is 2.07. The topological polar surface area (TPSA) is 52.9 Å². The molecule has 0 fully saturated rings. The number of hydrogen-bond donors (Lipinski definition) is 1. The third-order valence-electron chi connectivity index (χ3n) is 1.69. The summed E-state index contributed by atoms with van der Waals surface area (Å²) < 4.78 is 0. The van der Waals surface area contributed by atoms with Gasteiger partial charge in [0.05, 0.1) is 18.2 Å². The summed E-state index contributed by atoms with van der Waals surface area (Å²) in [6.45, 7) is 0.263. The van der Waals surface area contributed by atoms with Crippen LogP contribution in [-0.2, 0) is 0 Å². The van der Waals surface area contributed by atoms with Crippen LogP contribution < -0.4 is 5.32 Å². The van der Waals surface area contributed by atoms with Crippen molar-refractivity contribution in [3.63, 3.8) is 0 Å². The van der Waals surface area contributed by atoms with E-state index in [1.165, 1.54) is 0 Å². The van der Waals surface area contributed by atoms with E-state index < -0.39 is 0 Å². The number of carbonyl (C=O) groups excluding carboxylic acids is 1. The number of likely N-dealkylation sites (N-methyl/N-ethyl adjacent to an activating group) is 1. The predicted molar refractivity (Wildman–Crippen MR) is 49.4 cm³/mol. The van der Waals surface area contributed by atoms with Gasteiger partial charge in [-0.3, -0.25) is 4.79 Å². The molecule has 0 radical (unpaired) electrons. The monoisotopic (exact) mass is 174 g/mol. The largest absolute Gasteiger partial charge is 0.313 e. The molecule has 1 aromatic carbocycles. The van der Waals surface area contributed by atoms with E-state index in [1.54, 1.807) is 31.3 Å². The summed E-state index contributed by atoms with van der Waals surface area (Å²) in [6.07, 6.45) is 0. The van der Waals surface area contributed by atoms with Crippen LogP contribution in [0.1, 0.15) is 15.9 Å². The summed E-state index contributed by atoms with van der Waals surface area (Å²) in [6, 6.07) is 8.79. The number of ketones is 1. The van der Waals surface area contributed by atoms with Gasteiger partial charge in [-0.1, -0.05) is 18.2 Å². The van der Waals surface area contributed by atoms with Crippen molar-refractivity contribution < 1.29 is 4.79 Å². The second-order valence-corrected chi connectivity index (χ2v) is 2.61. The molecule has 3 nitrogen and oxygen atoms in total. The number of Topliss-reactive ketones (excluding diaryl/α,β-unsaturated/α-hetero) is 1. The van der Waals surface area contributed by atoms with E-state index in [2.05, 4.69) is 5.32 Å². The summed E-state index contributed by atoms with van der Waals surface area (Å²) in [5.41, 5.74) is 0.919. The third-order valence-corrected chi connectivity index (χ3v) is 1.69. The number of nitriles is 1. The number of benzene rings is 1. The van der Waals surface area contributed by atoms with E-state index >= 15 is 0 Å². The lowest BCUT2D eigenvalue weighted by Crippen LogP contribution is -2.19. The lowest BCUT2D eigenvalue weighted by atomic mass is 10.0. The van der Waals surface area contributed by atoms with Gasteiger partial charge in [-0.15, -0.1) is 0 Å². The summed E-state index contributed by atoms with van der Waals surface area (Å²) in [5.74, 6) is -0.0559. The van der Waals surface area contributed by atoms with Crippen LogP contribution in [0.2, 0.25) is 0 Å². The van der Waals surface area contributed by atoms with Crippen molar-refractivity contribution in [2.75, 3.05) is 13.6 Å². The molecule has 0 saturated heterocycles. The lowest BCUT2D eigenvalue weighted by Gasteiger charge is -2.00. The molecule has 0 aliphatic carbocycles. The van der Waals surface area contributed by atoms with Gasteiger partial charge in [-0.05, 0) is 13.1 Å². The molecule has 0 saturated carbocycles. The van der Waals surface area contributed by atoms with Crippen molar-refractivity contribution in [1.29, 1.82) is 5.26 Å². The maximum atomic E-state index is 11.4. The fourth-order valence-electron chi connectivity index (χ4n) is 1.08. The molecule has 0 atom stereocenters. The lowest BCUT2D eigenvalue weighted by molar-refractivity contribution is 0.0993. The Bertz CT molecular complexity index is 352. The van der Waals surface area contributed by atoms with Crippen LogP contribution in [-0.4, -0.2) is 19.4 Å². The van der Waals surface area contributed by atoms with Gasteiger partial charge in [0.1, 0.15) is 0 Å². The standard InChI is InChI=1S/C10H10N2O/c1-12-7-10(13)9-5-3-2-4-8(9)6-11/h2-5,12H,7H2,1H3. The third kappa shape index (κ3) is 2.14. The molecule has 0 heterocycles.